The predicted octanol–water partition coefficient (Wildman–Crippen LogP) is 1.53. The molecule has 0 spiro atoms. The third-order valence-corrected chi connectivity index (χ3v) is 2.57. The molecule has 0 heterocycles. The first-order valence-corrected chi connectivity index (χ1v) is 6.32. The Labute approximate surface area is 103 Å². The Morgan fingerprint density at radius 3 is 2.24 bits per heavy atom. The van der Waals surface area contributed by atoms with Crippen LogP contribution >= 0.6 is 0 Å². The number of carbonyl (C=O) groups excluding carboxylic acids is 1. The van der Waals surface area contributed by atoms with Gasteiger partial charge in [-0.2, -0.15) is 0 Å². The van der Waals surface area contributed by atoms with Crippen molar-refractivity contribution in [2.45, 2.75) is 18.7 Å². The average molecular weight is 260 g/mol. The summed E-state index contributed by atoms with van der Waals surface area (Å²) in [4.78, 5) is 12.7. The van der Waals surface area contributed by atoms with Gasteiger partial charge in [0.25, 0.3) is 5.91 Å². The van der Waals surface area contributed by atoms with Crippen LogP contribution in [0.3, 0.4) is 0 Å². The molecule has 0 bridgehead atoms. The molecule has 0 saturated heterocycles. The zero-order valence-corrected chi connectivity index (χ0v) is 11.2. The van der Waals surface area contributed by atoms with Gasteiger partial charge in [-0.15, -0.1) is 0 Å². The van der Waals surface area contributed by atoms with Crippen LogP contribution in [-0.4, -0.2) is 29.1 Å². The number of nitrogens with zero attached hydrogens (tertiary/aromatic N) is 1. The van der Waals surface area contributed by atoms with Crippen LogP contribution < -0.4 is 5.14 Å². The van der Waals surface area contributed by atoms with Gasteiger partial charge in [-0.05, 0) is 18.2 Å². The lowest BCUT2D eigenvalue weighted by Crippen LogP contribution is -2.22. The molecule has 0 aromatic heterocycles. The maximum atomic E-state index is 13.3. The van der Waals surface area contributed by atoms with Gasteiger partial charge < -0.3 is 4.90 Å². The van der Waals surface area contributed by atoms with E-state index in [0.29, 0.717) is 0 Å². The molecule has 1 atom stereocenters. The van der Waals surface area contributed by atoms with E-state index in [0.717, 1.165) is 6.07 Å². The molecule has 1 unspecified atom stereocenters. The lowest BCUT2D eigenvalue weighted by molar-refractivity contribution is 0.0827. The predicted molar refractivity (Wildman–Crippen MR) is 66.4 cm³/mol. The summed E-state index contributed by atoms with van der Waals surface area (Å²) in [7, 11) is 1.26. The van der Waals surface area contributed by atoms with Crippen molar-refractivity contribution < 1.29 is 13.4 Å². The van der Waals surface area contributed by atoms with Crippen molar-refractivity contribution in [1.29, 1.82) is 0 Å². The van der Waals surface area contributed by atoms with Crippen molar-refractivity contribution in [3.63, 3.8) is 0 Å². The lowest BCUT2D eigenvalue weighted by atomic mass is 10.2. The van der Waals surface area contributed by atoms with Crippen LogP contribution in [0.25, 0.3) is 0 Å². The first-order valence-electron chi connectivity index (χ1n) is 5.11. The summed E-state index contributed by atoms with van der Waals surface area (Å²) >= 11 is 0. The normalized spacial score (nSPS) is 11.2. The van der Waals surface area contributed by atoms with Crippen LogP contribution in [0.4, 0.5) is 4.39 Å². The lowest BCUT2D eigenvalue weighted by Gasteiger charge is -2.10. The first kappa shape index (κ1) is 15.7. The van der Waals surface area contributed by atoms with Crippen molar-refractivity contribution in [2.75, 3.05) is 14.1 Å². The number of nitrogens with two attached hydrogens (primary N) is 1. The van der Waals surface area contributed by atoms with E-state index in [4.69, 9.17) is 5.14 Å². The van der Waals surface area contributed by atoms with E-state index in [1.165, 1.54) is 17.0 Å². The van der Waals surface area contributed by atoms with Crippen LogP contribution in [-0.2, 0) is 11.0 Å². The highest BCUT2D eigenvalue weighted by atomic mass is 32.2. The molecule has 4 nitrogen and oxygen atoms in total. The van der Waals surface area contributed by atoms with Crippen LogP contribution in [0.15, 0.2) is 23.1 Å². The van der Waals surface area contributed by atoms with Crippen LogP contribution in [0.1, 0.15) is 24.2 Å². The molecule has 1 rings (SSSR count). The first-order chi connectivity index (χ1) is 7.93. The summed E-state index contributed by atoms with van der Waals surface area (Å²) in [6.07, 6.45) is 0. The van der Waals surface area contributed by atoms with Crippen LogP contribution in [0, 0.1) is 5.82 Å². The standard InChI is InChI=1S/C9H11FN2O2S.C2H6/c1-12(2)9(13)6-3-4-8(15(11)14)7(10)5-6;1-2/h3-5H,11H2,1-2H3;1-2H3. The number of hydrogen-bond donors (Lipinski definition) is 1. The highest BCUT2D eigenvalue weighted by Gasteiger charge is 2.12. The average Bonchev–Trinajstić information content (AvgIpc) is 2.29. The van der Waals surface area contributed by atoms with Crippen molar-refractivity contribution >= 4 is 16.9 Å². The Bertz CT molecular complexity index is 422. The summed E-state index contributed by atoms with van der Waals surface area (Å²) in [5.74, 6) is -1.05. The number of carbonyl (C=O) groups is 1. The number of rotatable bonds is 2. The SMILES string of the molecule is CC.CN(C)C(=O)c1ccc(S(N)=O)c(F)c1. The van der Waals surface area contributed by atoms with Crippen molar-refractivity contribution in [3.8, 4) is 0 Å². The Kier molecular flexibility index (Phi) is 6.60. The minimum Gasteiger partial charge on any atom is -0.345 e. The molecule has 96 valence electrons. The smallest absolute Gasteiger partial charge is 0.253 e. The largest absolute Gasteiger partial charge is 0.345 e. The van der Waals surface area contributed by atoms with Gasteiger partial charge in [0.2, 0.25) is 0 Å². The summed E-state index contributed by atoms with van der Waals surface area (Å²) in [6.45, 7) is 4.00. The Hall–Kier alpha value is -1.27. The summed E-state index contributed by atoms with van der Waals surface area (Å²) in [6, 6.07) is 3.68. The van der Waals surface area contributed by atoms with Gasteiger partial charge in [0.15, 0.2) is 0 Å². The summed E-state index contributed by atoms with van der Waals surface area (Å²) < 4.78 is 24.1. The molecular weight excluding hydrogens is 243 g/mol. The van der Waals surface area contributed by atoms with Gasteiger partial charge in [-0.3, -0.25) is 4.79 Å². The maximum absolute atomic E-state index is 13.3. The van der Waals surface area contributed by atoms with E-state index < -0.39 is 16.8 Å². The fourth-order valence-corrected chi connectivity index (χ4v) is 1.51. The van der Waals surface area contributed by atoms with Crippen LogP contribution in [0.5, 0.6) is 0 Å². The fourth-order valence-electron chi connectivity index (χ4n) is 1.06. The molecule has 0 aliphatic heterocycles. The monoisotopic (exact) mass is 260 g/mol. The molecule has 1 aromatic rings. The molecule has 0 saturated carbocycles. The maximum Gasteiger partial charge on any atom is 0.253 e. The third kappa shape index (κ3) is 4.24. The highest BCUT2D eigenvalue weighted by Crippen LogP contribution is 2.13. The number of benzene rings is 1. The van der Waals surface area contributed by atoms with Crippen molar-refractivity contribution in [1.82, 2.24) is 4.90 Å². The van der Waals surface area contributed by atoms with Gasteiger partial charge in [-0.1, -0.05) is 13.8 Å². The minimum absolute atomic E-state index is 0.106. The number of halogens is 1. The Balaban J connectivity index is 0.00000121. The summed E-state index contributed by atoms with van der Waals surface area (Å²) in [5.41, 5.74) is 0.201. The second-order valence-corrected chi connectivity index (χ2v) is 4.18. The molecule has 0 aliphatic rings. The second-order valence-electron chi connectivity index (χ2n) is 3.14. The van der Waals surface area contributed by atoms with Crippen molar-refractivity contribution in [2.24, 2.45) is 5.14 Å². The van der Waals surface area contributed by atoms with E-state index in [2.05, 4.69) is 0 Å². The van der Waals surface area contributed by atoms with Gasteiger partial charge in [0, 0.05) is 19.7 Å². The van der Waals surface area contributed by atoms with Gasteiger partial charge in [0.1, 0.15) is 16.8 Å². The molecule has 17 heavy (non-hydrogen) atoms. The Morgan fingerprint density at radius 2 is 1.88 bits per heavy atom. The zero-order valence-electron chi connectivity index (χ0n) is 10.4. The molecule has 0 fully saturated rings. The number of amides is 1. The molecule has 2 N–H and O–H groups in total. The highest BCUT2D eigenvalue weighted by molar-refractivity contribution is 7.82. The van der Waals surface area contributed by atoms with Crippen molar-refractivity contribution in [3.05, 3.63) is 29.6 Å². The van der Waals surface area contributed by atoms with E-state index in [1.807, 2.05) is 13.8 Å². The second kappa shape index (κ2) is 7.13. The van der Waals surface area contributed by atoms with E-state index in [-0.39, 0.29) is 16.4 Å². The molecule has 1 amide bonds. The van der Waals surface area contributed by atoms with Crippen LogP contribution in [0.2, 0.25) is 0 Å². The van der Waals surface area contributed by atoms with E-state index in [9.17, 15) is 13.4 Å². The quantitative estimate of drug-likeness (QED) is 0.876. The van der Waals surface area contributed by atoms with E-state index >= 15 is 0 Å². The summed E-state index contributed by atoms with van der Waals surface area (Å²) in [5, 5.41) is 5.04. The topological polar surface area (TPSA) is 63.4 Å². The van der Waals surface area contributed by atoms with Gasteiger partial charge >= 0.3 is 0 Å². The number of hydrogen-bond acceptors (Lipinski definition) is 2. The molecule has 1 aromatic carbocycles. The molecular formula is C11H17FN2O2S. The Morgan fingerprint density at radius 1 is 1.35 bits per heavy atom. The van der Waals surface area contributed by atoms with Gasteiger partial charge in [-0.25, -0.2) is 13.7 Å². The van der Waals surface area contributed by atoms with Gasteiger partial charge in [0.05, 0.1) is 4.90 Å². The fraction of sp³-hybridized carbons (Fsp3) is 0.364. The molecule has 6 heteroatoms. The molecule has 0 aliphatic carbocycles. The minimum atomic E-state index is -1.87. The van der Waals surface area contributed by atoms with E-state index in [1.54, 1.807) is 14.1 Å². The molecule has 0 radical (unpaired) electrons. The third-order valence-electron chi connectivity index (χ3n) is 1.80. The zero-order chi connectivity index (χ0) is 13.6.